The number of furan rings is 1. The third-order valence-corrected chi connectivity index (χ3v) is 4.75. The molecule has 1 N–H and O–H groups in total. The Morgan fingerprint density at radius 1 is 1.11 bits per heavy atom. The van der Waals surface area contributed by atoms with Crippen molar-refractivity contribution in [1.29, 1.82) is 5.26 Å². The predicted molar refractivity (Wildman–Crippen MR) is 112 cm³/mol. The highest BCUT2D eigenvalue weighted by molar-refractivity contribution is 6.39. The van der Waals surface area contributed by atoms with Crippen LogP contribution in [0.4, 0.5) is 5.69 Å². The van der Waals surface area contributed by atoms with Gasteiger partial charge in [0.2, 0.25) is 0 Å². The summed E-state index contributed by atoms with van der Waals surface area (Å²) in [5.74, 6) is 0.287. The van der Waals surface area contributed by atoms with Crippen LogP contribution in [-0.2, 0) is 4.79 Å². The molecule has 4 nitrogen and oxygen atoms in total. The van der Waals surface area contributed by atoms with E-state index in [-0.39, 0.29) is 5.57 Å². The number of anilines is 1. The minimum Gasteiger partial charge on any atom is -0.457 e. The van der Waals surface area contributed by atoms with E-state index < -0.39 is 5.91 Å². The van der Waals surface area contributed by atoms with Gasteiger partial charge in [0.05, 0.1) is 15.6 Å². The van der Waals surface area contributed by atoms with Crippen LogP contribution >= 0.6 is 23.2 Å². The lowest BCUT2D eigenvalue weighted by molar-refractivity contribution is -0.112. The van der Waals surface area contributed by atoms with Crippen molar-refractivity contribution in [1.82, 2.24) is 0 Å². The topological polar surface area (TPSA) is 66.0 Å². The maximum Gasteiger partial charge on any atom is 0.266 e. The van der Waals surface area contributed by atoms with E-state index in [0.717, 1.165) is 11.1 Å². The van der Waals surface area contributed by atoms with E-state index in [0.29, 0.717) is 32.8 Å². The van der Waals surface area contributed by atoms with Gasteiger partial charge in [-0.15, -0.1) is 0 Å². The third-order valence-electron chi connectivity index (χ3n) is 4.12. The third kappa shape index (κ3) is 4.28. The van der Waals surface area contributed by atoms with Gasteiger partial charge < -0.3 is 9.73 Å². The van der Waals surface area contributed by atoms with E-state index in [4.69, 9.17) is 27.6 Å². The molecule has 0 unspecified atom stereocenters. The van der Waals surface area contributed by atoms with Gasteiger partial charge in [-0.3, -0.25) is 4.79 Å². The molecule has 1 aromatic heterocycles. The maximum absolute atomic E-state index is 12.5. The van der Waals surface area contributed by atoms with Crippen LogP contribution in [0.1, 0.15) is 16.9 Å². The molecule has 0 spiro atoms. The Labute approximate surface area is 173 Å². The van der Waals surface area contributed by atoms with Crippen LogP contribution in [0.5, 0.6) is 0 Å². The first-order valence-corrected chi connectivity index (χ1v) is 9.19. The fraction of sp³-hybridized carbons (Fsp3) is 0.0909. The zero-order valence-electron chi connectivity index (χ0n) is 15.2. The van der Waals surface area contributed by atoms with Crippen molar-refractivity contribution in [2.24, 2.45) is 0 Å². The minimum absolute atomic E-state index is 0.0777. The number of rotatable bonds is 4. The average molecular weight is 411 g/mol. The summed E-state index contributed by atoms with van der Waals surface area (Å²) in [5, 5.41) is 13.0. The molecule has 1 heterocycles. The molecule has 0 saturated carbocycles. The summed E-state index contributed by atoms with van der Waals surface area (Å²) >= 11 is 12.4. The lowest BCUT2D eigenvalue weighted by atomic mass is 10.1. The Balaban J connectivity index is 1.86. The van der Waals surface area contributed by atoms with Gasteiger partial charge in [-0.05, 0) is 49.7 Å². The summed E-state index contributed by atoms with van der Waals surface area (Å²) in [7, 11) is 0. The van der Waals surface area contributed by atoms with E-state index >= 15 is 0 Å². The lowest BCUT2D eigenvalue weighted by Gasteiger charge is -2.08. The number of hydrogen-bond donors (Lipinski definition) is 1. The highest BCUT2D eigenvalue weighted by atomic mass is 35.5. The molecule has 1 amide bonds. The highest BCUT2D eigenvalue weighted by Gasteiger charge is 2.15. The molecular formula is C22H16Cl2N2O2. The molecule has 0 aliphatic heterocycles. The molecule has 28 heavy (non-hydrogen) atoms. The van der Waals surface area contributed by atoms with Crippen LogP contribution in [0.2, 0.25) is 10.0 Å². The first-order chi connectivity index (χ1) is 13.4. The second kappa shape index (κ2) is 8.35. The predicted octanol–water partition coefficient (Wildman–Crippen LogP) is 6.42. The Morgan fingerprint density at radius 3 is 2.46 bits per heavy atom. The quantitative estimate of drug-likeness (QED) is 0.398. The summed E-state index contributed by atoms with van der Waals surface area (Å²) in [6.07, 6.45) is 1.38. The number of amides is 1. The van der Waals surface area contributed by atoms with Crippen LogP contribution in [0.3, 0.4) is 0 Å². The largest absolute Gasteiger partial charge is 0.457 e. The number of halogens is 2. The number of carbonyl (C=O) groups excluding carboxylic acids is 1. The number of nitrogens with one attached hydrogen (secondary N) is 1. The monoisotopic (exact) mass is 410 g/mol. The van der Waals surface area contributed by atoms with E-state index in [2.05, 4.69) is 5.32 Å². The van der Waals surface area contributed by atoms with Crippen molar-refractivity contribution in [3.05, 3.63) is 81.0 Å². The Kier molecular flexibility index (Phi) is 5.89. The molecule has 0 fully saturated rings. The van der Waals surface area contributed by atoms with Crippen LogP contribution in [0.25, 0.3) is 17.4 Å². The minimum atomic E-state index is -0.511. The fourth-order valence-corrected chi connectivity index (χ4v) is 3.32. The zero-order valence-corrected chi connectivity index (χ0v) is 16.7. The van der Waals surface area contributed by atoms with Crippen molar-refractivity contribution in [3.63, 3.8) is 0 Å². The highest BCUT2D eigenvalue weighted by Crippen LogP contribution is 2.35. The van der Waals surface area contributed by atoms with Gasteiger partial charge in [0.1, 0.15) is 23.2 Å². The molecular weight excluding hydrogens is 395 g/mol. The van der Waals surface area contributed by atoms with Crippen LogP contribution < -0.4 is 5.32 Å². The molecule has 140 valence electrons. The molecule has 6 heteroatoms. The number of carbonyl (C=O) groups is 1. The van der Waals surface area contributed by atoms with Gasteiger partial charge in [0, 0.05) is 11.8 Å². The maximum atomic E-state index is 12.5. The van der Waals surface area contributed by atoms with Crippen molar-refractivity contribution >= 4 is 40.9 Å². The molecule has 0 aliphatic carbocycles. The number of nitrogens with zero attached hydrogens (tertiary/aromatic N) is 1. The summed E-state index contributed by atoms with van der Waals surface area (Å²) in [5.41, 5.74) is 3.14. The lowest BCUT2D eigenvalue weighted by Crippen LogP contribution is -2.14. The SMILES string of the molecule is Cc1ccc(NC(=O)/C(C#N)=C/c2ccc(-c3c(Cl)cccc3Cl)o2)c(C)c1. The average Bonchev–Trinajstić information content (AvgIpc) is 3.10. The van der Waals surface area contributed by atoms with Gasteiger partial charge in [0.15, 0.2) is 0 Å². The first-order valence-electron chi connectivity index (χ1n) is 8.43. The zero-order chi connectivity index (χ0) is 20.3. The van der Waals surface area contributed by atoms with E-state index in [9.17, 15) is 10.1 Å². The summed E-state index contributed by atoms with van der Waals surface area (Å²) < 4.78 is 5.73. The van der Waals surface area contributed by atoms with Crippen LogP contribution in [0, 0.1) is 25.2 Å². The van der Waals surface area contributed by atoms with Gasteiger partial charge in [-0.1, -0.05) is 47.0 Å². The summed E-state index contributed by atoms with van der Waals surface area (Å²) in [6, 6.07) is 16.1. The standard InChI is InChI=1S/C22H16Cl2N2O2/c1-13-6-8-19(14(2)10-13)26-22(27)15(12-25)11-16-7-9-20(28-16)21-17(23)4-3-5-18(21)24/h3-11H,1-2H3,(H,26,27)/b15-11+. The number of nitriles is 1. The smallest absolute Gasteiger partial charge is 0.266 e. The van der Waals surface area contributed by atoms with Crippen molar-refractivity contribution in [3.8, 4) is 17.4 Å². The normalized spacial score (nSPS) is 11.2. The number of hydrogen-bond acceptors (Lipinski definition) is 3. The molecule has 0 bridgehead atoms. The van der Waals surface area contributed by atoms with Crippen molar-refractivity contribution < 1.29 is 9.21 Å². The molecule has 0 aliphatic rings. The Bertz CT molecular complexity index is 1100. The van der Waals surface area contributed by atoms with E-state index in [1.54, 1.807) is 30.3 Å². The van der Waals surface area contributed by atoms with E-state index in [1.165, 1.54) is 6.08 Å². The van der Waals surface area contributed by atoms with Crippen LogP contribution in [0.15, 0.2) is 58.5 Å². The second-order valence-corrected chi connectivity index (χ2v) is 7.06. The second-order valence-electron chi connectivity index (χ2n) is 6.24. The molecule has 3 aromatic rings. The Hall–Kier alpha value is -3.00. The van der Waals surface area contributed by atoms with Gasteiger partial charge in [-0.25, -0.2) is 0 Å². The fourth-order valence-electron chi connectivity index (χ4n) is 2.73. The summed E-state index contributed by atoms with van der Waals surface area (Å²) in [4.78, 5) is 12.5. The number of benzene rings is 2. The summed E-state index contributed by atoms with van der Waals surface area (Å²) in [6.45, 7) is 3.86. The number of aryl methyl sites for hydroxylation is 2. The van der Waals surface area contributed by atoms with E-state index in [1.807, 2.05) is 38.1 Å². The van der Waals surface area contributed by atoms with Crippen LogP contribution in [-0.4, -0.2) is 5.91 Å². The first kappa shape index (κ1) is 19.8. The molecule has 0 radical (unpaired) electrons. The van der Waals surface area contributed by atoms with Crippen molar-refractivity contribution in [2.45, 2.75) is 13.8 Å². The molecule has 0 saturated heterocycles. The van der Waals surface area contributed by atoms with Gasteiger partial charge >= 0.3 is 0 Å². The Morgan fingerprint density at radius 2 is 1.82 bits per heavy atom. The van der Waals surface area contributed by atoms with Crippen molar-refractivity contribution in [2.75, 3.05) is 5.32 Å². The molecule has 0 atom stereocenters. The van der Waals surface area contributed by atoms with Gasteiger partial charge in [0.25, 0.3) is 5.91 Å². The molecule has 2 aromatic carbocycles. The molecule has 3 rings (SSSR count). The van der Waals surface area contributed by atoms with Gasteiger partial charge in [-0.2, -0.15) is 5.26 Å².